The summed E-state index contributed by atoms with van der Waals surface area (Å²) < 4.78 is 13.1. The number of halogens is 1. The van der Waals surface area contributed by atoms with Crippen molar-refractivity contribution in [3.05, 3.63) is 58.9 Å². The fourth-order valence-corrected chi connectivity index (χ4v) is 2.80. The van der Waals surface area contributed by atoms with Gasteiger partial charge in [0.25, 0.3) is 0 Å². The number of benzene rings is 2. The Kier molecular flexibility index (Phi) is 3.90. The second-order valence-corrected chi connectivity index (χ2v) is 5.40. The molecular weight excluding hydrogens is 263 g/mol. The molecule has 0 radical (unpaired) electrons. The molecule has 1 N–H and O–H groups in total. The van der Waals surface area contributed by atoms with Gasteiger partial charge >= 0.3 is 5.97 Å². The van der Waals surface area contributed by atoms with Gasteiger partial charge < -0.3 is 5.11 Å². The van der Waals surface area contributed by atoms with Crippen LogP contribution in [0.5, 0.6) is 0 Å². The van der Waals surface area contributed by atoms with Gasteiger partial charge in [0.05, 0.1) is 5.56 Å². The lowest BCUT2D eigenvalue weighted by Gasteiger charge is -2.09. The summed E-state index contributed by atoms with van der Waals surface area (Å²) in [6.07, 6.45) is 0. The largest absolute Gasteiger partial charge is 0.478 e. The molecule has 2 aromatic rings. The van der Waals surface area contributed by atoms with Gasteiger partial charge in [-0.25, -0.2) is 9.18 Å². The first kappa shape index (κ1) is 13.6. The Morgan fingerprint density at radius 3 is 2.53 bits per heavy atom. The van der Waals surface area contributed by atoms with Crippen LogP contribution in [-0.4, -0.2) is 11.1 Å². The number of aryl methyl sites for hydroxylation is 2. The molecule has 0 aliphatic rings. The van der Waals surface area contributed by atoms with Gasteiger partial charge in [-0.1, -0.05) is 23.9 Å². The van der Waals surface area contributed by atoms with Crippen molar-refractivity contribution in [1.29, 1.82) is 0 Å². The number of carbonyl (C=O) groups is 1. The second kappa shape index (κ2) is 5.45. The lowest BCUT2D eigenvalue weighted by molar-refractivity contribution is 0.0692. The molecule has 0 spiro atoms. The average molecular weight is 276 g/mol. The van der Waals surface area contributed by atoms with E-state index in [1.807, 2.05) is 32.0 Å². The Morgan fingerprint density at radius 1 is 1.11 bits per heavy atom. The van der Waals surface area contributed by atoms with Crippen molar-refractivity contribution in [1.82, 2.24) is 0 Å². The maximum Gasteiger partial charge on any atom is 0.336 e. The molecule has 0 aliphatic heterocycles. The molecule has 2 rings (SSSR count). The molecule has 0 amide bonds. The first-order valence-electron chi connectivity index (χ1n) is 5.75. The van der Waals surface area contributed by atoms with Gasteiger partial charge in [-0.2, -0.15) is 0 Å². The number of aromatic carboxylic acids is 1. The average Bonchev–Trinajstić information content (AvgIpc) is 2.35. The monoisotopic (exact) mass is 276 g/mol. The SMILES string of the molecule is Cc1ccc(C)c(Sc2ccc(F)cc2C(=O)O)c1. The van der Waals surface area contributed by atoms with E-state index in [4.69, 9.17) is 5.11 Å². The van der Waals surface area contributed by atoms with Crippen molar-refractivity contribution in [3.8, 4) is 0 Å². The third-order valence-corrected chi connectivity index (χ3v) is 3.97. The van der Waals surface area contributed by atoms with E-state index in [2.05, 4.69) is 0 Å². The Hall–Kier alpha value is -1.81. The van der Waals surface area contributed by atoms with Crippen LogP contribution < -0.4 is 0 Å². The number of carboxylic acids is 1. The molecule has 2 aromatic carbocycles. The van der Waals surface area contributed by atoms with E-state index in [1.165, 1.54) is 23.9 Å². The topological polar surface area (TPSA) is 37.3 Å². The quantitative estimate of drug-likeness (QED) is 0.908. The first-order valence-corrected chi connectivity index (χ1v) is 6.57. The van der Waals surface area contributed by atoms with E-state index in [-0.39, 0.29) is 5.56 Å². The molecule has 0 atom stereocenters. The molecule has 0 saturated carbocycles. The zero-order chi connectivity index (χ0) is 14.0. The third-order valence-electron chi connectivity index (χ3n) is 2.74. The van der Waals surface area contributed by atoms with Gasteiger partial charge in [0.2, 0.25) is 0 Å². The lowest BCUT2D eigenvalue weighted by atomic mass is 10.2. The van der Waals surface area contributed by atoms with Gasteiger partial charge in [-0.3, -0.25) is 0 Å². The van der Waals surface area contributed by atoms with Gasteiger partial charge in [-0.05, 0) is 49.2 Å². The molecule has 0 bridgehead atoms. The zero-order valence-corrected chi connectivity index (χ0v) is 11.4. The zero-order valence-electron chi connectivity index (χ0n) is 10.6. The van der Waals surface area contributed by atoms with E-state index in [9.17, 15) is 9.18 Å². The van der Waals surface area contributed by atoms with Crippen LogP contribution in [0, 0.1) is 19.7 Å². The summed E-state index contributed by atoms with van der Waals surface area (Å²) in [5.74, 6) is -1.66. The van der Waals surface area contributed by atoms with Crippen LogP contribution in [-0.2, 0) is 0 Å². The van der Waals surface area contributed by atoms with Crippen LogP contribution >= 0.6 is 11.8 Å². The van der Waals surface area contributed by atoms with Crippen LogP contribution in [0.3, 0.4) is 0 Å². The maximum atomic E-state index is 13.1. The van der Waals surface area contributed by atoms with E-state index in [1.54, 1.807) is 0 Å². The highest BCUT2D eigenvalue weighted by atomic mass is 32.2. The first-order chi connectivity index (χ1) is 8.97. The summed E-state index contributed by atoms with van der Waals surface area (Å²) in [7, 11) is 0. The highest BCUT2D eigenvalue weighted by molar-refractivity contribution is 7.99. The molecule has 0 aromatic heterocycles. The molecular formula is C15H13FO2S. The lowest BCUT2D eigenvalue weighted by Crippen LogP contribution is -1.99. The summed E-state index contributed by atoms with van der Waals surface area (Å²) in [5, 5.41) is 9.11. The minimum atomic E-state index is -1.12. The van der Waals surface area contributed by atoms with Crippen molar-refractivity contribution in [2.45, 2.75) is 23.6 Å². The van der Waals surface area contributed by atoms with Crippen molar-refractivity contribution < 1.29 is 14.3 Å². The van der Waals surface area contributed by atoms with Gasteiger partial charge in [0, 0.05) is 9.79 Å². The summed E-state index contributed by atoms with van der Waals surface area (Å²) in [6.45, 7) is 3.94. The number of carboxylic acid groups (broad SMARTS) is 1. The van der Waals surface area contributed by atoms with Crippen LogP contribution in [0.15, 0.2) is 46.2 Å². The molecule has 0 fully saturated rings. The standard InChI is InChI=1S/C15H13FO2S/c1-9-3-4-10(2)14(7-9)19-13-6-5-11(16)8-12(13)15(17)18/h3-8H,1-2H3,(H,17,18). The minimum absolute atomic E-state index is 0.00842. The molecule has 19 heavy (non-hydrogen) atoms. The van der Waals surface area contributed by atoms with Gasteiger partial charge in [0.15, 0.2) is 0 Å². The molecule has 2 nitrogen and oxygen atoms in total. The number of rotatable bonds is 3. The Labute approximate surface area is 115 Å². The predicted octanol–water partition coefficient (Wildman–Crippen LogP) is 4.29. The third kappa shape index (κ3) is 3.15. The van der Waals surface area contributed by atoms with Crippen molar-refractivity contribution in [3.63, 3.8) is 0 Å². The molecule has 4 heteroatoms. The van der Waals surface area contributed by atoms with E-state index >= 15 is 0 Å². The van der Waals surface area contributed by atoms with E-state index < -0.39 is 11.8 Å². The fourth-order valence-electron chi connectivity index (χ4n) is 1.69. The Bertz CT molecular complexity index is 638. The molecule has 0 saturated heterocycles. The highest BCUT2D eigenvalue weighted by Gasteiger charge is 2.13. The summed E-state index contributed by atoms with van der Waals surface area (Å²) in [4.78, 5) is 12.7. The predicted molar refractivity (Wildman–Crippen MR) is 73.4 cm³/mol. The van der Waals surface area contributed by atoms with Crippen LogP contribution in [0.1, 0.15) is 21.5 Å². The minimum Gasteiger partial charge on any atom is -0.478 e. The number of hydrogen-bond acceptors (Lipinski definition) is 2. The Balaban J connectivity index is 2.43. The normalized spacial score (nSPS) is 10.5. The van der Waals surface area contributed by atoms with E-state index in [0.29, 0.717) is 4.90 Å². The maximum absolute atomic E-state index is 13.1. The van der Waals surface area contributed by atoms with Gasteiger partial charge in [-0.15, -0.1) is 0 Å². The fraction of sp³-hybridized carbons (Fsp3) is 0.133. The molecule has 0 aliphatic carbocycles. The number of hydrogen-bond donors (Lipinski definition) is 1. The van der Waals surface area contributed by atoms with Gasteiger partial charge in [0.1, 0.15) is 5.82 Å². The van der Waals surface area contributed by atoms with E-state index in [0.717, 1.165) is 22.1 Å². The van der Waals surface area contributed by atoms with Crippen LogP contribution in [0.2, 0.25) is 0 Å². The summed E-state index contributed by atoms with van der Waals surface area (Å²) in [6, 6.07) is 9.82. The Morgan fingerprint density at radius 2 is 1.84 bits per heavy atom. The smallest absolute Gasteiger partial charge is 0.336 e. The van der Waals surface area contributed by atoms with Crippen molar-refractivity contribution in [2.24, 2.45) is 0 Å². The molecule has 0 heterocycles. The molecule has 0 unspecified atom stereocenters. The summed E-state index contributed by atoms with van der Waals surface area (Å²) in [5.41, 5.74) is 2.16. The second-order valence-electron chi connectivity index (χ2n) is 4.32. The van der Waals surface area contributed by atoms with Crippen LogP contribution in [0.25, 0.3) is 0 Å². The highest BCUT2D eigenvalue weighted by Crippen LogP contribution is 2.33. The van der Waals surface area contributed by atoms with Crippen molar-refractivity contribution in [2.75, 3.05) is 0 Å². The molecule has 98 valence electrons. The summed E-state index contributed by atoms with van der Waals surface area (Å²) >= 11 is 1.34. The van der Waals surface area contributed by atoms with Crippen LogP contribution in [0.4, 0.5) is 4.39 Å². The van der Waals surface area contributed by atoms with Crippen molar-refractivity contribution >= 4 is 17.7 Å².